The highest BCUT2D eigenvalue weighted by atomic mass is 16.5. The monoisotopic (exact) mass is 1060 g/mol. The van der Waals surface area contributed by atoms with Gasteiger partial charge in [0.1, 0.15) is 0 Å². The third-order valence-corrected chi connectivity index (χ3v) is 11.3. The molecule has 0 saturated carbocycles. The SMILES string of the molecule is C.C.C.C.C.C.C.CCC(C)(C)OC.CCC(C)(C)OC.COC(C)(C)C(C)C.COC(C)(C)C(C)C.COC(C)CC(C)(C)CC(C)OC.COCC(C)(C)C.COCC(C)(C)COC.COCC(C)C. The normalized spacial score (nSPS) is 11.8. The van der Waals surface area contributed by atoms with E-state index in [2.05, 4.69) is 173 Å². The van der Waals surface area contributed by atoms with Crippen LogP contribution in [0.4, 0.5) is 0 Å². The molecule has 72 heavy (non-hydrogen) atoms. The molecule has 0 aliphatic carbocycles. The fourth-order valence-corrected chi connectivity index (χ4v) is 4.16. The zero-order valence-corrected chi connectivity index (χ0v) is 51.1. The Bertz CT molecular complexity index is 867. The van der Waals surface area contributed by atoms with E-state index >= 15 is 0 Å². The highest BCUT2D eigenvalue weighted by Gasteiger charge is 2.24. The lowest BCUT2D eigenvalue weighted by Crippen LogP contribution is -2.29. The summed E-state index contributed by atoms with van der Waals surface area (Å²) in [7, 11) is 17.4. The number of ether oxygens (including phenoxy) is 10. The quantitative estimate of drug-likeness (QED) is 0.111. The van der Waals surface area contributed by atoms with Gasteiger partial charge in [0.2, 0.25) is 0 Å². The van der Waals surface area contributed by atoms with Crippen molar-refractivity contribution in [1.82, 2.24) is 0 Å². The van der Waals surface area contributed by atoms with Crippen LogP contribution in [0.5, 0.6) is 0 Å². The van der Waals surface area contributed by atoms with Gasteiger partial charge in [-0.3, -0.25) is 0 Å². The van der Waals surface area contributed by atoms with Crippen molar-refractivity contribution in [3.8, 4) is 0 Å². The third kappa shape index (κ3) is 95.4. The highest BCUT2D eigenvalue weighted by Crippen LogP contribution is 2.29. The summed E-state index contributed by atoms with van der Waals surface area (Å²) >= 11 is 0. The molecule has 0 aromatic rings. The molecule has 0 bridgehead atoms. The lowest BCUT2D eigenvalue weighted by Gasteiger charge is -2.29. The molecule has 0 aliphatic rings. The minimum atomic E-state index is 0. The standard InChI is InChI=1S/C11H24O2.C7H16O2.2C7H16O.3C6H14O.C5H12O.7CH4/c1-9(12-5)7-11(3,4)8-10(2)13-6;1-7(2,5-8-3)6-9-4;2*1-6(2)7(3,4)8-5;1-6(2,3)5-7-4;2*1-5-6(2,3)7-4;1-5(2)4-6-3;;;;;;;/h9-10H,7-8H2,1-6H3;5-6H2,1-4H3;2*6H,1-5H3;3*5H2,1-4H3;5H,4H2,1-3H3;7*1H4. The molecule has 0 aromatic heterocycles. The van der Waals surface area contributed by atoms with Gasteiger partial charge >= 0.3 is 0 Å². The van der Waals surface area contributed by atoms with E-state index in [4.69, 9.17) is 47.4 Å². The van der Waals surface area contributed by atoms with Gasteiger partial charge in [-0.1, -0.05) is 156 Å². The molecule has 2 atom stereocenters. The lowest BCUT2D eigenvalue weighted by molar-refractivity contribution is -0.0158. The summed E-state index contributed by atoms with van der Waals surface area (Å²) in [5.41, 5.74) is 1.03. The molecular weight excluding hydrogens is 905 g/mol. The summed E-state index contributed by atoms with van der Waals surface area (Å²) in [6.07, 6.45) is 4.97. The first-order valence-electron chi connectivity index (χ1n) is 24.3. The maximum atomic E-state index is 5.26. The second-order valence-corrected chi connectivity index (χ2v) is 23.1. The zero-order valence-electron chi connectivity index (χ0n) is 51.1. The molecule has 0 saturated heterocycles. The van der Waals surface area contributed by atoms with Crippen LogP contribution in [0, 0.1) is 34.0 Å². The van der Waals surface area contributed by atoms with Crippen molar-refractivity contribution in [2.75, 3.05) is 97.5 Å². The Morgan fingerprint density at radius 1 is 0.333 bits per heavy atom. The summed E-state index contributed by atoms with van der Waals surface area (Å²) in [4.78, 5) is 0. The summed E-state index contributed by atoms with van der Waals surface area (Å²) in [6, 6.07) is 0. The number of hydrogen-bond acceptors (Lipinski definition) is 10. The van der Waals surface area contributed by atoms with Crippen LogP contribution in [0.25, 0.3) is 0 Å². The van der Waals surface area contributed by atoms with E-state index in [1.807, 2.05) is 0 Å². The van der Waals surface area contributed by atoms with E-state index in [9.17, 15) is 0 Å². The van der Waals surface area contributed by atoms with E-state index in [1.165, 1.54) is 0 Å². The van der Waals surface area contributed by atoms with Crippen LogP contribution < -0.4 is 0 Å². The Labute approximate surface area is 462 Å². The molecule has 0 fully saturated rings. The Kier molecular flexibility index (Phi) is 95.1. The summed E-state index contributed by atoms with van der Waals surface area (Å²) in [6.45, 7) is 56.4. The largest absolute Gasteiger partial charge is 0.384 e. The van der Waals surface area contributed by atoms with Crippen molar-refractivity contribution in [3.05, 3.63) is 0 Å². The molecule has 0 spiro atoms. The molecule has 10 heteroatoms. The first-order valence-corrected chi connectivity index (χ1v) is 24.3. The van der Waals surface area contributed by atoms with Crippen LogP contribution in [0.2, 0.25) is 0 Å². The Balaban J connectivity index is -0.0000000395. The predicted molar refractivity (Wildman–Crippen MR) is 333 cm³/mol. The minimum absolute atomic E-state index is 0. The zero-order chi connectivity index (χ0) is 54.1. The fourth-order valence-electron chi connectivity index (χ4n) is 4.16. The van der Waals surface area contributed by atoms with E-state index in [-0.39, 0.29) is 79.8 Å². The molecule has 0 radical (unpaired) electrons. The smallest absolute Gasteiger partial charge is 0.0645 e. The van der Waals surface area contributed by atoms with E-state index in [0.29, 0.717) is 40.8 Å². The van der Waals surface area contributed by atoms with Crippen LogP contribution in [0.1, 0.15) is 251 Å². The maximum absolute atomic E-state index is 5.26. The maximum Gasteiger partial charge on any atom is 0.0645 e. The van der Waals surface area contributed by atoms with E-state index in [0.717, 1.165) is 52.1 Å². The van der Waals surface area contributed by atoms with Gasteiger partial charge in [-0.05, 0) is 124 Å². The van der Waals surface area contributed by atoms with E-state index in [1.54, 1.807) is 71.1 Å². The Morgan fingerprint density at radius 2 is 0.583 bits per heavy atom. The molecular formula is C62H154O10. The summed E-state index contributed by atoms with van der Waals surface area (Å²) < 4.78 is 50.8. The van der Waals surface area contributed by atoms with Crippen LogP contribution >= 0.6 is 0 Å². The van der Waals surface area contributed by atoms with Crippen molar-refractivity contribution < 1.29 is 47.4 Å². The average molecular weight is 1060 g/mol. The predicted octanol–water partition coefficient (Wildman–Crippen LogP) is 19.4. The molecule has 2 unspecified atom stereocenters. The van der Waals surface area contributed by atoms with Gasteiger partial charge in [-0.2, -0.15) is 0 Å². The first-order chi connectivity index (χ1) is 29.1. The average Bonchev–Trinajstić information content (AvgIpc) is 3.18. The molecule has 0 aliphatic heterocycles. The molecule has 0 rings (SSSR count). The topological polar surface area (TPSA) is 92.3 Å². The summed E-state index contributed by atoms with van der Waals surface area (Å²) in [5.74, 6) is 1.86. The van der Waals surface area contributed by atoms with Crippen molar-refractivity contribution >= 4 is 0 Å². The molecule has 462 valence electrons. The van der Waals surface area contributed by atoms with Gasteiger partial charge in [-0.25, -0.2) is 0 Å². The van der Waals surface area contributed by atoms with Crippen LogP contribution in [-0.4, -0.2) is 132 Å². The molecule has 0 N–H and O–H groups in total. The van der Waals surface area contributed by atoms with Gasteiger partial charge in [0.25, 0.3) is 0 Å². The van der Waals surface area contributed by atoms with Gasteiger partial charge in [0.15, 0.2) is 0 Å². The molecule has 0 aromatic carbocycles. The second kappa shape index (κ2) is 61.5. The second-order valence-electron chi connectivity index (χ2n) is 23.1. The first kappa shape index (κ1) is 111. The van der Waals surface area contributed by atoms with Gasteiger partial charge in [0.05, 0.1) is 54.4 Å². The van der Waals surface area contributed by atoms with Crippen molar-refractivity contribution in [1.29, 1.82) is 0 Å². The molecule has 0 amide bonds. The van der Waals surface area contributed by atoms with Crippen LogP contribution in [0.3, 0.4) is 0 Å². The van der Waals surface area contributed by atoms with Gasteiger partial charge in [0, 0.05) is 83.1 Å². The third-order valence-electron chi connectivity index (χ3n) is 11.3. The molecule has 0 heterocycles. The van der Waals surface area contributed by atoms with E-state index < -0.39 is 0 Å². The minimum Gasteiger partial charge on any atom is -0.384 e. The fraction of sp³-hybridized carbons (Fsp3) is 1.00. The van der Waals surface area contributed by atoms with Crippen molar-refractivity contribution in [2.45, 2.75) is 285 Å². The van der Waals surface area contributed by atoms with Crippen LogP contribution in [-0.2, 0) is 47.4 Å². The number of rotatable bonds is 21. The highest BCUT2D eigenvalue weighted by molar-refractivity contribution is 4.75. The van der Waals surface area contributed by atoms with Crippen molar-refractivity contribution in [3.63, 3.8) is 0 Å². The Morgan fingerprint density at radius 3 is 0.653 bits per heavy atom. The summed E-state index contributed by atoms with van der Waals surface area (Å²) in [5, 5.41) is 0. The number of methoxy groups -OCH3 is 10. The molecule has 10 nitrogen and oxygen atoms in total. The van der Waals surface area contributed by atoms with Gasteiger partial charge in [-0.15, -0.1) is 0 Å². The van der Waals surface area contributed by atoms with Gasteiger partial charge < -0.3 is 47.4 Å². The Hall–Kier alpha value is -0.400. The number of hydrogen-bond donors (Lipinski definition) is 0. The van der Waals surface area contributed by atoms with Crippen LogP contribution in [0.15, 0.2) is 0 Å². The van der Waals surface area contributed by atoms with Crippen molar-refractivity contribution in [2.24, 2.45) is 34.0 Å². The lowest BCUT2D eigenvalue weighted by atomic mass is 9.82.